The average molecular weight is 287 g/mol. The first-order valence-corrected chi connectivity index (χ1v) is 6.57. The number of hydrogen-bond donors (Lipinski definition) is 2. The van der Waals surface area contributed by atoms with Crippen LogP contribution in [0.25, 0.3) is 0 Å². The highest BCUT2D eigenvalue weighted by atomic mass is 16.4. The Hall–Kier alpha value is -2.63. The Balaban J connectivity index is 2.04. The highest BCUT2D eigenvalue weighted by molar-refractivity contribution is 5.90. The Morgan fingerprint density at radius 3 is 2.81 bits per heavy atom. The van der Waals surface area contributed by atoms with Gasteiger partial charge < -0.3 is 10.4 Å². The van der Waals surface area contributed by atoms with Crippen LogP contribution >= 0.6 is 0 Å². The van der Waals surface area contributed by atoms with Gasteiger partial charge >= 0.3 is 5.97 Å². The number of nitrogens with one attached hydrogen (secondary N) is 1. The fourth-order valence-electron chi connectivity index (χ4n) is 1.93. The van der Waals surface area contributed by atoms with Crippen LogP contribution < -0.4 is 5.32 Å². The quantitative estimate of drug-likeness (QED) is 0.881. The molecule has 1 heterocycles. The summed E-state index contributed by atoms with van der Waals surface area (Å²) in [6.07, 6.45) is 3.46. The fraction of sp³-hybridized carbons (Fsp3) is 0.267. The molecule has 110 valence electrons. The molecule has 0 fully saturated rings. The number of carboxylic acids is 1. The Morgan fingerprint density at radius 1 is 1.43 bits per heavy atom. The van der Waals surface area contributed by atoms with Gasteiger partial charge in [0, 0.05) is 11.9 Å². The Kier molecular flexibility index (Phi) is 4.37. The molecule has 0 saturated heterocycles. The maximum atomic E-state index is 11.9. The molecule has 6 heteroatoms. The summed E-state index contributed by atoms with van der Waals surface area (Å²) in [5.41, 5.74) is 2.21. The summed E-state index contributed by atoms with van der Waals surface area (Å²) in [7, 11) is 0. The van der Waals surface area contributed by atoms with Crippen LogP contribution in [0, 0.1) is 6.92 Å². The predicted molar refractivity (Wildman–Crippen MR) is 78.1 cm³/mol. The molecule has 21 heavy (non-hydrogen) atoms. The van der Waals surface area contributed by atoms with Gasteiger partial charge in [-0.15, -0.1) is 0 Å². The molecular weight excluding hydrogens is 270 g/mol. The second kappa shape index (κ2) is 6.21. The molecule has 2 aromatic rings. The smallest absolute Gasteiger partial charge is 0.310 e. The van der Waals surface area contributed by atoms with Crippen LogP contribution in [0.15, 0.2) is 36.7 Å². The van der Waals surface area contributed by atoms with Crippen LogP contribution in [-0.4, -0.2) is 26.8 Å². The van der Waals surface area contributed by atoms with Gasteiger partial charge in [-0.3, -0.25) is 14.3 Å². The van der Waals surface area contributed by atoms with Crippen molar-refractivity contribution in [2.24, 2.45) is 0 Å². The number of carbonyl (C=O) groups is 2. The topological polar surface area (TPSA) is 84.2 Å². The number of aryl methyl sites for hydroxylation is 1. The Labute approximate surface area is 122 Å². The number of carboxylic acid groups (broad SMARTS) is 1. The highest BCUT2D eigenvalue weighted by Crippen LogP contribution is 2.19. The fourth-order valence-corrected chi connectivity index (χ4v) is 1.93. The first-order valence-electron chi connectivity index (χ1n) is 6.57. The lowest BCUT2D eigenvalue weighted by atomic mass is 10.0. The zero-order valence-corrected chi connectivity index (χ0v) is 11.9. The second-order valence-corrected chi connectivity index (χ2v) is 4.95. The first kappa shape index (κ1) is 14.8. The predicted octanol–water partition coefficient (Wildman–Crippen LogP) is 2.02. The third-order valence-electron chi connectivity index (χ3n) is 3.11. The molecule has 0 saturated carbocycles. The molecule has 0 aliphatic heterocycles. The molecule has 1 aromatic carbocycles. The lowest BCUT2D eigenvalue weighted by molar-refractivity contribution is -0.138. The number of aromatic nitrogens is 2. The molecule has 1 aromatic heterocycles. The van der Waals surface area contributed by atoms with Crippen LogP contribution in [0.3, 0.4) is 0 Å². The molecule has 0 spiro atoms. The van der Waals surface area contributed by atoms with Crippen LogP contribution in [0.5, 0.6) is 0 Å². The molecule has 1 atom stereocenters. The standard InChI is InChI=1S/C15H17N3O3/c1-10-7-16-18(8-10)9-14(19)17-13-5-3-4-12(6-13)11(2)15(20)21/h3-8,11H,9H2,1-2H3,(H,17,19)(H,20,21). The van der Waals surface area contributed by atoms with Crippen LogP contribution in [0.4, 0.5) is 5.69 Å². The van der Waals surface area contributed by atoms with Crippen LogP contribution in [0.2, 0.25) is 0 Å². The minimum absolute atomic E-state index is 0.118. The molecule has 6 nitrogen and oxygen atoms in total. The summed E-state index contributed by atoms with van der Waals surface area (Å²) < 4.78 is 1.55. The van der Waals surface area contributed by atoms with Gasteiger partial charge in [0.2, 0.25) is 5.91 Å². The van der Waals surface area contributed by atoms with Crippen molar-refractivity contribution in [3.63, 3.8) is 0 Å². The number of nitrogens with zero attached hydrogens (tertiary/aromatic N) is 2. The van der Waals surface area contributed by atoms with Crippen molar-refractivity contribution in [1.29, 1.82) is 0 Å². The summed E-state index contributed by atoms with van der Waals surface area (Å²) >= 11 is 0. The largest absolute Gasteiger partial charge is 0.481 e. The number of rotatable bonds is 5. The molecule has 0 aliphatic carbocycles. The number of aliphatic carboxylic acids is 1. The third-order valence-corrected chi connectivity index (χ3v) is 3.11. The van der Waals surface area contributed by atoms with Crippen molar-refractivity contribution in [3.05, 3.63) is 47.8 Å². The number of hydrogen-bond acceptors (Lipinski definition) is 3. The van der Waals surface area contributed by atoms with Crippen molar-refractivity contribution < 1.29 is 14.7 Å². The molecule has 0 radical (unpaired) electrons. The summed E-state index contributed by atoms with van der Waals surface area (Å²) in [5.74, 6) is -1.72. The summed E-state index contributed by atoms with van der Waals surface area (Å²) in [6, 6.07) is 6.85. The highest BCUT2D eigenvalue weighted by Gasteiger charge is 2.14. The zero-order valence-electron chi connectivity index (χ0n) is 11.9. The van der Waals surface area contributed by atoms with E-state index in [0.29, 0.717) is 11.3 Å². The first-order chi connectivity index (χ1) is 9.95. The van der Waals surface area contributed by atoms with Gasteiger partial charge in [0.15, 0.2) is 0 Å². The van der Waals surface area contributed by atoms with Crippen LogP contribution in [0.1, 0.15) is 24.0 Å². The van der Waals surface area contributed by atoms with E-state index < -0.39 is 11.9 Å². The van der Waals surface area contributed by atoms with Crippen molar-refractivity contribution in [2.45, 2.75) is 26.3 Å². The molecule has 2 rings (SSSR count). The maximum absolute atomic E-state index is 11.9. The maximum Gasteiger partial charge on any atom is 0.310 e. The summed E-state index contributed by atoms with van der Waals surface area (Å²) in [6.45, 7) is 3.63. The number of amides is 1. The van der Waals surface area contributed by atoms with Crippen LogP contribution in [-0.2, 0) is 16.1 Å². The minimum atomic E-state index is -0.898. The molecule has 0 aliphatic rings. The van der Waals surface area contributed by atoms with E-state index in [-0.39, 0.29) is 12.5 Å². The van der Waals surface area contributed by atoms with Gasteiger partial charge in [0.25, 0.3) is 0 Å². The van der Waals surface area contributed by atoms with E-state index >= 15 is 0 Å². The lowest BCUT2D eigenvalue weighted by Gasteiger charge is -2.10. The monoisotopic (exact) mass is 287 g/mol. The molecule has 0 bridgehead atoms. The minimum Gasteiger partial charge on any atom is -0.481 e. The van der Waals surface area contributed by atoms with E-state index in [9.17, 15) is 9.59 Å². The van der Waals surface area contributed by atoms with E-state index in [1.54, 1.807) is 48.3 Å². The summed E-state index contributed by atoms with van der Waals surface area (Å²) in [5, 5.41) is 15.8. The van der Waals surface area contributed by atoms with E-state index in [2.05, 4.69) is 10.4 Å². The number of benzene rings is 1. The molecular formula is C15H17N3O3. The van der Waals surface area contributed by atoms with Gasteiger partial charge in [0.05, 0.1) is 12.1 Å². The van der Waals surface area contributed by atoms with E-state index in [0.717, 1.165) is 5.56 Å². The van der Waals surface area contributed by atoms with Gasteiger partial charge in [-0.05, 0) is 37.1 Å². The Bertz CT molecular complexity index is 664. The molecule has 1 unspecified atom stereocenters. The van der Waals surface area contributed by atoms with Gasteiger partial charge in [-0.2, -0.15) is 5.10 Å². The van der Waals surface area contributed by atoms with E-state index in [1.807, 2.05) is 6.92 Å². The Morgan fingerprint density at radius 2 is 2.19 bits per heavy atom. The van der Waals surface area contributed by atoms with Crippen molar-refractivity contribution >= 4 is 17.6 Å². The van der Waals surface area contributed by atoms with E-state index in [1.165, 1.54) is 0 Å². The number of carbonyl (C=O) groups excluding carboxylic acids is 1. The van der Waals surface area contributed by atoms with Gasteiger partial charge in [-0.25, -0.2) is 0 Å². The van der Waals surface area contributed by atoms with Gasteiger partial charge in [-0.1, -0.05) is 12.1 Å². The summed E-state index contributed by atoms with van der Waals surface area (Å²) in [4.78, 5) is 22.9. The van der Waals surface area contributed by atoms with Crippen molar-refractivity contribution in [2.75, 3.05) is 5.32 Å². The third kappa shape index (κ3) is 3.92. The van der Waals surface area contributed by atoms with E-state index in [4.69, 9.17) is 5.11 Å². The molecule has 1 amide bonds. The average Bonchev–Trinajstić information content (AvgIpc) is 2.83. The van der Waals surface area contributed by atoms with Crippen molar-refractivity contribution in [3.8, 4) is 0 Å². The van der Waals surface area contributed by atoms with Gasteiger partial charge in [0.1, 0.15) is 6.54 Å². The number of anilines is 1. The lowest BCUT2D eigenvalue weighted by Crippen LogP contribution is -2.19. The normalized spacial score (nSPS) is 11.9. The van der Waals surface area contributed by atoms with Crippen molar-refractivity contribution in [1.82, 2.24) is 9.78 Å². The SMILES string of the molecule is Cc1cnn(CC(=O)Nc2cccc(C(C)C(=O)O)c2)c1. The molecule has 2 N–H and O–H groups in total. The second-order valence-electron chi connectivity index (χ2n) is 4.95. The zero-order chi connectivity index (χ0) is 15.4.